The molecule has 0 aliphatic carbocycles. The quantitative estimate of drug-likeness (QED) is 0.339. The highest BCUT2D eigenvalue weighted by Crippen LogP contribution is 2.33. The Bertz CT molecular complexity index is 1080. The van der Waals surface area contributed by atoms with Gasteiger partial charge in [0.2, 0.25) is 5.91 Å². The smallest absolute Gasteiger partial charge is 0.410 e. The maximum absolute atomic E-state index is 13.1. The minimum absolute atomic E-state index is 0.0159. The maximum atomic E-state index is 13.1. The van der Waals surface area contributed by atoms with E-state index in [4.69, 9.17) is 24.7 Å². The van der Waals surface area contributed by atoms with Gasteiger partial charge in [-0.1, -0.05) is 6.07 Å². The molecule has 11 heteroatoms. The van der Waals surface area contributed by atoms with Crippen LogP contribution in [0.1, 0.15) is 83.1 Å². The van der Waals surface area contributed by atoms with Crippen LogP contribution >= 0.6 is 0 Å². The van der Waals surface area contributed by atoms with Crippen LogP contribution in [0.4, 0.5) is 4.79 Å². The number of hydrogen-bond acceptors (Lipinski definition) is 8. The van der Waals surface area contributed by atoms with E-state index >= 15 is 0 Å². The van der Waals surface area contributed by atoms with Crippen LogP contribution in [0.3, 0.4) is 0 Å². The fourth-order valence-corrected chi connectivity index (χ4v) is 4.71. The lowest BCUT2D eigenvalue weighted by Crippen LogP contribution is -2.45. The van der Waals surface area contributed by atoms with Gasteiger partial charge in [0.1, 0.15) is 29.6 Å². The molecule has 11 nitrogen and oxygen atoms in total. The zero-order valence-corrected chi connectivity index (χ0v) is 24.5. The van der Waals surface area contributed by atoms with E-state index in [0.717, 1.165) is 0 Å². The Kier molecular flexibility index (Phi) is 10.0. The maximum Gasteiger partial charge on any atom is 0.410 e. The number of esters is 1. The van der Waals surface area contributed by atoms with Crippen molar-refractivity contribution in [3.63, 3.8) is 0 Å². The zero-order valence-electron chi connectivity index (χ0n) is 24.5. The fraction of sp³-hybridized carbons (Fsp3) is 0.655. The van der Waals surface area contributed by atoms with Crippen molar-refractivity contribution in [3.05, 3.63) is 29.3 Å². The van der Waals surface area contributed by atoms with Crippen LogP contribution in [0.25, 0.3) is 0 Å². The molecule has 1 aromatic carbocycles. The summed E-state index contributed by atoms with van der Waals surface area (Å²) < 4.78 is 22.7. The number of amides is 3. The van der Waals surface area contributed by atoms with Crippen LogP contribution in [0.5, 0.6) is 5.75 Å². The highest BCUT2D eigenvalue weighted by Gasteiger charge is 2.37. The van der Waals surface area contributed by atoms with Crippen molar-refractivity contribution >= 4 is 23.9 Å². The third kappa shape index (κ3) is 8.84. The van der Waals surface area contributed by atoms with E-state index in [0.29, 0.717) is 49.4 Å². The molecule has 0 radical (unpaired) electrons. The standard InChI is InChI=1S/C29H43N3O8/c1-28(2,3)39-24(33)11-10-22(25(30)34)32-18-21-20(26(32)35)8-7-9-23(21)38-17-16-37-19-12-14-31(15-13-19)27(36)40-29(4,5)6/h7-9,19,22H,10-18H2,1-6H3,(H2,30,34). The number of nitrogens with zero attached hydrogens (tertiary/aromatic N) is 2. The van der Waals surface area contributed by atoms with Gasteiger partial charge in [0.15, 0.2) is 0 Å². The zero-order chi connectivity index (χ0) is 29.7. The van der Waals surface area contributed by atoms with Gasteiger partial charge in [-0.25, -0.2) is 4.79 Å². The van der Waals surface area contributed by atoms with Gasteiger partial charge in [0, 0.05) is 30.6 Å². The van der Waals surface area contributed by atoms with Gasteiger partial charge in [-0.2, -0.15) is 0 Å². The van der Waals surface area contributed by atoms with Crippen molar-refractivity contribution in [3.8, 4) is 5.75 Å². The first-order valence-electron chi connectivity index (χ1n) is 13.8. The summed E-state index contributed by atoms with van der Waals surface area (Å²) in [6.07, 6.45) is 1.16. The van der Waals surface area contributed by atoms with E-state index in [1.54, 1.807) is 43.9 Å². The number of piperidine rings is 1. The molecular weight excluding hydrogens is 518 g/mol. The van der Waals surface area contributed by atoms with Gasteiger partial charge in [-0.15, -0.1) is 0 Å². The molecule has 0 spiro atoms. The number of ether oxygens (including phenoxy) is 4. The lowest BCUT2D eigenvalue weighted by atomic mass is 10.1. The molecule has 2 N–H and O–H groups in total. The molecule has 1 fully saturated rings. The number of carbonyl (C=O) groups is 4. The number of carbonyl (C=O) groups excluding carboxylic acids is 4. The highest BCUT2D eigenvalue weighted by atomic mass is 16.6. The van der Waals surface area contributed by atoms with Gasteiger partial charge in [0.25, 0.3) is 5.91 Å². The van der Waals surface area contributed by atoms with E-state index in [1.807, 2.05) is 20.8 Å². The Hall–Kier alpha value is -3.34. The second kappa shape index (κ2) is 12.9. The third-order valence-corrected chi connectivity index (χ3v) is 6.49. The molecule has 3 rings (SSSR count). The van der Waals surface area contributed by atoms with E-state index in [-0.39, 0.29) is 44.1 Å². The topological polar surface area (TPSA) is 138 Å². The number of likely N-dealkylation sites (tertiary alicyclic amines) is 1. The number of benzene rings is 1. The minimum atomic E-state index is -0.949. The lowest BCUT2D eigenvalue weighted by Gasteiger charge is -2.33. The Morgan fingerprint density at radius 2 is 1.65 bits per heavy atom. The number of hydrogen-bond donors (Lipinski definition) is 1. The number of primary amides is 1. The van der Waals surface area contributed by atoms with Crippen molar-refractivity contribution in [2.45, 2.75) is 97.1 Å². The SMILES string of the molecule is CC(C)(C)OC(=O)CCC(C(N)=O)N1Cc2c(OCCOC3CCN(C(=O)OC(C)(C)C)CC3)cccc2C1=O. The van der Waals surface area contributed by atoms with Gasteiger partial charge in [0.05, 0.1) is 19.3 Å². The summed E-state index contributed by atoms with van der Waals surface area (Å²) >= 11 is 0. The molecule has 1 atom stereocenters. The second-order valence-corrected chi connectivity index (χ2v) is 12.1. The van der Waals surface area contributed by atoms with Gasteiger partial charge >= 0.3 is 12.1 Å². The lowest BCUT2D eigenvalue weighted by molar-refractivity contribution is -0.155. The molecule has 0 aromatic heterocycles. The van der Waals surface area contributed by atoms with E-state index in [2.05, 4.69) is 0 Å². The highest BCUT2D eigenvalue weighted by molar-refractivity contribution is 6.01. The summed E-state index contributed by atoms with van der Waals surface area (Å²) in [7, 11) is 0. The van der Waals surface area contributed by atoms with E-state index in [1.165, 1.54) is 4.90 Å². The van der Waals surface area contributed by atoms with Crippen LogP contribution in [0.2, 0.25) is 0 Å². The number of nitrogens with two attached hydrogens (primary N) is 1. The molecule has 1 aromatic rings. The average molecular weight is 562 g/mol. The summed E-state index contributed by atoms with van der Waals surface area (Å²) in [5.41, 5.74) is 5.56. The van der Waals surface area contributed by atoms with Gasteiger partial charge in [-0.3, -0.25) is 14.4 Å². The predicted octanol–water partition coefficient (Wildman–Crippen LogP) is 3.41. The first-order valence-corrected chi connectivity index (χ1v) is 13.8. The third-order valence-electron chi connectivity index (χ3n) is 6.49. The van der Waals surface area contributed by atoms with Crippen molar-refractivity contribution in [1.29, 1.82) is 0 Å². The molecule has 222 valence electrons. The Balaban J connectivity index is 1.50. The normalized spacial score (nSPS) is 16.9. The monoisotopic (exact) mass is 561 g/mol. The van der Waals surface area contributed by atoms with E-state index < -0.39 is 29.1 Å². The first-order chi connectivity index (χ1) is 18.6. The van der Waals surface area contributed by atoms with Crippen molar-refractivity contribution < 1.29 is 38.1 Å². The minimum Gasteiger partial charge on any atom is -0.491 e. The van der Waals surface area contributed by atoms with Crippen LogP contribution in [0, 0.1) is 0 Å². The van der Waals surface area contributed by atoms with Crippen LogP contribution in [-0.4, -0.2) is 83.3 Å². The molecule has 3 amide bonds. The first kappa shape index (κ1) is 31.2. The molecular formula is C29H43N3O8. The predicted molar refractivity (Wildman–Crippen MR) is 147 cm³/mol. The molecule has 2 aliphatic rings. The second-order valence-electron chi connectivity index (χ2n) is 12.1. The van der Waals surface area contributed by atoms with Crippen LogP contribution in [-0.2, 0) is 30.3 Å². The summed E-state index contributed by atoms with van der Waals surface area (Å²) in [6, 6.07) is 4.23. The molecule has 1 saturated heterocycles. The number of rotatable bonds is 10. The summed E-state index contributed by atoms with van der Waals surface area (Å²) in [5, 5.41) is 0. The molecule has 40 heavy (non-hydrogen) atoms. The number of fused-ring (bicyclic) bond motifs is 1. The van der Waals surface area contributed by atoms with Crippen molar-refractivity contribution in [2.75, 3.05) is 26.3 Å². The largest absolute Gasteiger partial charge is 0.491 e. The van der Waals surface area contributed by atoms with Crippen LogP contribution in [0.15, 0.2) is 18.2 Å². The molecule has 2 heterocycles. The Morgan fingerprint density at radius 3 is 2.25 bits per heavy atom. The Morgan fingerprint density at radius 1 is 1.00 bits per heavy atom. The van der Waals surface area contributed by atoms with Crippen molar-refractivity contribution in [2.24, 2.45) is 5.73 Å². The summed E-state index contributed by atoms with van der Waals surface area (Å²) in [6.45, 7) is 12.7. The van der Waals surface area contributed by atoms with Crippen LogP contribution < -0.4 is 10.5 Å². The molecule has 0 saturated carbocycles. The average Bonchev–Trinajstić information content (AvgIpc) is 3.17. The van der Waals surface area contributed by atoms with Crippen molar-refractivity contribution in [1.82, 2.24) is 9.80 Å². The van der Waals surface area contributed by atoms with E-state index in [9.17, 15) is 19.2 Å². The van der Waals surface area contributed by atoms with Gasteiger partial charge in [-0.05, 0) is 72.9 Å². The summed E-state index contributed by atoms with van der Waals surface area (Å²) in [4.78, 5) is 52.9. The molecule has 2 aliphatic heterocycles. The molecule has 1 unspecified atom stereocenters. The fourth-order valence-electron chi connectivity index (χ4n) is 4.71. The summed E-state index contributed by atoms with van der Waals surface area (Å²) in [5.74, 6) is -0.936. The Labute approximate surface area is 236 Å². The molecule has 0 bridgehead atoms. The van der Waals surface area contributed by atoms with Gasteiger partial charge < -0.3 is 34.5 Å².